The summed E-state index contributed by atoms with van der Waals surface area (Å²) in [5, 5.41) is 10.6. The van der Waals surface area contributed by atoms with Gasteiger partial charge in [-0.15, -0.1) is 0 Å². The van der Waals surface area contributed by atoms with Gasteiger partial charge in [-0.25, -0.2) is 0 Å². The summed E-state index contributed by atoms with van der Waals surface area (Å²) in [6, 6.07) is 5.53. The van der Waals surface area contributed by atoms with Crippen LogP contribution in [0.2, 0.25) is 0 Å². The van der Waals surface area contributed by atoms with E-state index in [1.165, 1.54) is 0 Å². The predicted octanol–water partition coefficient (Wildman–Crippen LogP) is 1.94. The Morgan fingerprint density at radius 3 is 2.85 bits per heavy atom. The molecule has 0 aliphatic heterocycles. The van der Waals surface area contributed by atoms with E-state index in [-0.39, 0.29) is 12.1 Å². The molecule has 0 saturated heterocycles. The number of hydrogen-bond acceptors (Lipinski definition) is 6. The van der Waals surface area contributed by atoms with Crippen LogP contribution in [0.25, 0.3) is 6.08 Å². The number of hydrogen-bond donors (Lipinski definition) is 4. The van der Waals surface area contributed by atoms with Crippen molar-refractivity contribution >= 4 is 17.7 Å². The molecule has 1 aromatic carbocycles. The van der Waals surface area contributed by atoms with Crippen molar-refractivity contribution in [2.75, 3.05) is 19.6 Å². The maximum atomic E-state index is 7.69. The van der Waals surface area contributed by atoms with E-state index < -0.39 is 0 Å². The van der Waals surface area contributed by atoms with Gasteiger partial charge < -0.3 is 14.9 Å². The first-order chi connectivity index (χ1) is 9.60. The van der Waals surface area contributed by atoms with Gasteiger partial charge in [-0.3, -0.25) is 16.6 Å². The van der Waals surface area contributed by atoms with Gasteiger partial charge in [-0.05, 0) is 32.2 Å². The van der Waals surface area contributed by atoms with Gasteiger partial charge in [0.2, 0.25) is 0 Å². The molecule has 0 radical (unpaired) electrons. The third kappa shape index (κ3) is 4.91. The molecule has 1 rings (SSSR count). The molecule has 1 atom stereocenters. The van der Waals surface area contributed by atoms with Crippen LogP contribution in [-0.4, -0.2) is 26.3 Å². The average molecular weight is 278 g/mol. The summed E-state index contributed by atoms with van der Waals surface area (Å²) in [6.07, 6.45) is 3.97. The van der Waals surface area contributed by atoms with E-state index in [4.69, 9.17) is 20.7 Å². The summed E-state index contributed by atoms with van der Waals surface area (Å²) in [5.74, 6) is 6.33. The van der Waals surface area contributed by atoms with Crippen molar-refractivity contribution in [2.24, 2.45) is 5.84 Å². The molecule has 0 bridgehead atoms. The molecule has 0 spiro atoms. The minimum Gasteiger partial charge on any atom is -0.496 e. The first-order valence-electron chi connectivity index (χ1n) is 6.33. The van der Waals surface area contributed by atoms with Gasteiger partial charge in [0.15, 0.2) is 5.90 Å². The highest BCUT2D eigenvalue weighted by Crippen LogP contribution is 2.23. The average Bonchev–Trinajstić information content (AvgIpc) is 2.46. The summed E-state index contributed by atoms with van der Waals surface area (Å²) >= 11 is 0. The fourth-order valence-electron chi connectivity index (χ4n) is 1.57. The third-order valence-corrected chi connectivity index (χ3v) is 2.72. The van der Waals surface area contributed by atoms with Crippen LogP contribution in [0.4, 0.5) is 5.69 Å². The van der Waals surface area contributed by atoms with E-state index in [0.717, 1.165) is 17.0 Å². The monoisotopic (exact) mass is 278 g/mol. The number of ether oxygens (including phenoxy) is 2. The lowest BCUT2D eigenvalue weighted by Crippen LogP contribution is -2.26. The Morgan fingerprint density at radius 1 is 1.50 bits per heavy atom. The molecule has 0 saturated carbocycles. The number of anilines is 1. The number of methoxy groups -OCH3 is 1. The van der Waals surface area contributed by atoms with E-state index in [2.05, 4.69) is 10.7 Å². The highest BCUT2D eigenvalue weighted by atomic mass is 16.5. The summed E-state index contributed by atoms with van der Waals surface area (Å²) < 4.78 is 10.6. The van der Waals surface area contributed by atoms with Gasteiger partial charge in [0.1, 0.15) is 12.0 Å². The van der Waals surface area contributed by atoms with E-state index in [9.17, 15) is 0 Å². The fraction of sp³-hybridized carbons (Fsp3) is 0.357. The Balaban J connectivity index is 2.67. The standard InChI is InChI=1S/C14H22N4O2/c1-10(17-2)20-14(15)6-4-5-11-9-12(18-16)7-8-13(11)19-3/h4-5,7-10,15,17-18H,6,16H2,1-3H3/b5-4+,15-14?. The lowest BCUT2D eigenvalue weighted by atomic mass is 10.1. The molecule has 20 heavy (non-hydrogen) atoms. The Morgan fingerprint density at radius 2 is 2.25 bits per heavy atom. The van der Waals surface area contributed by atoms with Gasteiger partial charge in [0.25, 0.3) is 0 Å². The number of nitrogens with one attached hydrogen (secondary N) is 3. The highest BCUT2D eigenvalue weighted by molar-refractivity contribution is 5.76. The van der Waals surface area contributed by atoms with E-state index in [0.29, 0.717) is 6.42 Å². The highest BCUT2D eigenvalue weighted by Gasteiger charge is 2.03. The first kappa shape index (κ1) is 16.0. The van der Waals surface area contributed by atoms with Crippen LogP contribution in [0.5, 0.6) is 5.75 Å². The second-order valence-corrected chi connectivity index (χ2v) is 4.18. The van der Waals surface area contributed by atoms with Crippen molar-refractivity contribution in [1.29, 1.82) is 5.41 Å². The molecule has 6 heteroatoms. The first-order valence-corrected chi connectivity index (χ1v) is 6.33. The number of rotatable bonds is 7. The Bertz CT molecular complexity index is 474. The minimum atomic E-state index is -0.171. The molecule has 1 unspecified atom stereocenters. The largest absolute Gasteiger partial charge is 0.496 e. The maximum absolute atomic E-state index is 7.69. The second kappa shape index (κ2) is 8.19. The van der Waals surface area contributed by atoms with Crippen LogP contribution >= 0.6 is 0 Å². The zero-order valence-corrected chi connectivity index (χ0v) is 12.1. The Kier molecular flexibility index (Phi) is 6.55. The normalized spacial score (nSPS) is 12.2. The van der Waals surface area contributed by atoms with Crippen LogP contribution in [0.15, 0.2) is 24.3 Å². The molecular weight excluding hydrogens is 256 g/mol. The van der Waals surface area contributed by atoms with Crippen molar-refractivity contribution in [2.45, 2.75) is 19.6 Å². The molecule has 0 aliphatic rings. The van der Waals surface area contributed by atoms with Gasteiger partial charge in [-0.2, -0.15) is 0 Å². The van der Waals surface area contributed by atoms with Crippen LogP contribution in [0.1, 0.15) is 18.9 Å². The van der Waals surface area contributed by atoms with E-state index >= 15 is 0 Å². The van der Waals surface area contributed by atoms with Crippen molar-refractivity contribution in [1.82, 2.24) is 5.32 Å². The molecule has 0 fully saturated rings. The zero-order chi connectivity index (χ0) is 15.0. The van der Waals surface area contributed by atoms with Crippen molar-refractivity contribution < 1.29 is 9.47 Å². The molecule has 110 valence electrons. The number of nitrogens with two attached hydrogens (primary N) is 1. The van der Waals surface area contributed by atoms with Crippen LogP contribution < -0.4 is 21.3 Å². The van der Waals surface area contributed by atoms with Crippen molar-refractivity contribution in [3.8, 4) is 5.75 Å². The Labute approximate surface area is 119 Å². The molecule has 0 aromatic heterocycles. The lowest BCUT2D eigenvalue weighted by Gasteiger charge is -2.12. The fourth-order valence-corrected chi connectivity index (χ4v) is 1.57. The summed E-state index contributed by atoms with van der Waals surface area (Å²) in [5.41, 5.74) is 4.27. The third-order valence-electron chi connectivity index (χ3n) is 2.72. The van der Waals surface area contributed by atoms with Gasteiger partial charge >= 0.3 is 0 Å². The second-order valence-electron chi connectivity index (χ2n) is 4.18. The minimum absolute atomic E-state index is 0.171. The quantitative estimate of drug-likeness (QED) is 0.201. The molecule has 0 amide bonds. The SMILES string of the molecule is CNC(C)OC(=N)C/C=C/c1cc(NN)ccc1OC. The molecule has 1 aromatic rings. The predicted molar refractivity (Wildman–Crippen MR) is 81.8 cm³/mol. The van der Waals surface area contributed by atoms with Gasteiger partial charge in [0, 0.05) is 17.7 Å². The van der Waals surface area contributed by atoms with Crippen LogP contribution in [0, 0.1) is 5.41 Å². The van der Waals surface area contributed by atoms with Crippen LogP contribution in [-0.2, 0) is 4.74 Å². The number of hydrazine groups is 1. The summed E-state index contributed by atoms with van der Waals surface area (Å²) in [6.45, 7) is 1.84. The van der Waals surface area contributed by atoms with Crippen molar-refractivity contribution in [3.63, 3.8) is 0 Å². The van der Waals surface area contributed by atoms with Crippen LogP contribution in [0.3, 0.4) is 0 Å². The van der Waals surface area contributed by atoms with Crippen molar-refractivity contribution in [3.05, 3.63) is 29.8 Å². The van der Waals surface area contributed by atoms with E-state index in [1.54, 1.807) is 14.2 Å². The molecule has 0 aliphatic carbocycles. The van der Waals surface area contributed by atoms with Gasteiger partial charge in [-0.1, -0.05) is 12.2 Å². The maximum Gasteiger partial charge on any atom is 0.186 e. The smallest absolute Gasteiger partial charge is 0.186 e. The van der Waals surface area contributed by atoms with E-state index in [1.807, 2.05) is 37.3 Å². The molecule has 0 heterocycles. The Hall–Kier alpha value is -2.05. The molecular formula is C14H22N4O2. The zero-order valence-electron chi connectivity index (χ0n) is 12.1. The lowest BCUT2D eigenvalue weighted by molar-refractivity contribution is 0.174. The topological polar surface area (TPSA) is 92.4 Å². The summed E-state index contributed by atoms with van der Waals surface area (Å²) in [4.78, 5) is 0. The molecule has 6 nitrogen and oxygen atoms in total. The van der Waals surface area contributed by atoms with Gasteiger partial charge in [0.05, 0.1) is 7.11 Å². The number of benzene rings is 1. The number of nitrogen functional groups attached to an aromatic ring is 1. The summed E-state index contributed by atoms with van der Waals surface area (Å²) in [7, 11) is 3.39. The molecule has 5 N–H and O–H groups in total.